The standard InChI is InChI=1S/C16H12BrClN2O/c1-2-13-11-8-7-10(18)9-15(11)20(16(21)19-13)14-6-4-3-5-12(14)17/h3-9H,2H2,1H3. The third-order valence-corrected chi connectivity index (χ3v) is 4.27. The first-order valence-corrected chi connectivity index (χ1v) is 7.75. The van der Waals surface area contributed by atoms with Crippen molar-refractivity contribution in [1.82, 2.24) is 9.55 Å². The quantitative estimate of drug-likeness (QED) is 0.678. The van der Waals surface area contributed by atoms with E-state index in [9.17, 15) is 4.79 Å². The maximum Gasteiger partial charge on any atom is 0.352 e. The molecule has 3 rings (SSSR count). The fraction of sp³-hybridized carbons (Fsp3) is 0.125. The molecule has 2 aromatic carbocycles. The Balaban J connectivity index is 2.48. The lowest BCUT2D eigenvalue weighted by Gasteiger charge is -2.13. The van der Waals surface area contributed by atoms with Crippen LogP contribution in [0.1, 0.15) is 12.6 Å². The van der Waals surface area contributed by atoms with E-state index in [1.165, 1.54) is 0 Å². The van der Waals surface area contributed by atoms with Gasteiger partial charge in [-0.2, -0.15) is 4.98 Å². The number of nitrogens with zero attached hydrogens (tertiary/aromatic N) is 2. The van der Waals surface area contributed by atoms with Gasteiger partial charge in [0.25, 0.3) is 0 Å². The van der Waals surface area contributed by atoms with Crippen LogP contribution in [-0.4, -0.2) is 9.55 Å². The zero-order chi connectivity index (χ0) is 15.0. The molecule has 0 fully saturated rings. The van der Waals surface area contributed by atoms with Gasteiger partial charge in [0.15, 0.2) is 0 Å². The van der Waals surface area contributed by atoms with Gasteiger partial charge in [-0.3, -0.25) is 4.57 Å². The molecule has 3 aromatic rings. The van der Waals surface area contributed by atoms with E-state index in [0.717, 1.165) is 26.8 Å². The van der Waals surface area contributed by atoms with Crippen LogP contribution in [0.5, 0.6) is 0 Å². The van der Waals surface area contributed by atoms with Crippen LogP contribution in [0.4, 0.5) is 0 Å². The van der Waals surface area contributed by atoms with E-state index < -0.39 is 0 Å². The molecule has 0 aliphatic rings. The molecule has 106 valence electrons. The van der Waals surface area contributed by atoms with E-state index >= 15 is 0 Å². The molecule has 0 unspecified atom stereocenters. The highest BCUT2D eigenvalue weighted by atomic mass is 79.9. The molecule has 21 heavy (non-hydrogen) atoms. The Labute approximate surface area is 135 Å². The van der Waals surface area contributed by atoms with Crippen LogP contribution >= 0.6 is 27.5 Å². The highest BCUT2D eigenvalue weighted by molar-refractivity contribution is 9.10. The monoisotopic (exact) mass is 362 g/mol. The topological polar surface area (TPSA) is 34.9 Å². The largest absolute Gasteiger partial charge is 0.352 e. The number of benzene rings is 2. The van der Waals surface area contributed by atoms with Crippen LogP contribution in [-0.2, 0) is 6.42 Å². The third kappa shape index (κ3) is 2.49. The summed E-state index contributed by atoms with van der Waals surface area (Å²) in [6.07, 6.45) is 0.699. The van der Waals surface area contributed by atoms with E-state index in [4.69, 9.17) is 11.6 Å². The van der Waals surface area contributed by atoms with Gasteiger partial charge in [-0.15, -0.1) is 0 Å². The SMILES string of the molecule is CCc1nc(=O)n(-c2ccccc2Br)c2cc(Cl)ccc12. The van der Waals surface area contributed by atoms with Gasteiger partial charge in [0, 0.05) is 14.9 Å². The summed E-state index contributed by atoms with van der Waals surface area (Å²) in [6, 6.07) is 13.1. The average molecular weight is 364 g/mol. The van der Waals surface area contributed by atoms with Crippen LogP contribution in [0.3, 0.4) is 0 Å². The van der Waals surface area contributed by atoms with Gasteiger partial charge in [-0.1, -0.05) is 30.7 Å². The van der Waals surface area contributed by atoms with Crippen LogP contribution in [0, 0.1) is 0 Å². The lowest BCUT2D eigenvalue weighted by molar-refractivity contribution is 0.908. The van der Waals surface area contributed by atoms with E-state index in [1.54, 1.807) is 10.6 Å². The first kappa shape index (κ1) is 14.3. The van der Waals surface area contributed by atoms with E-state index in [-0.39, 0.29) is 5.69 Å². The molecule has 0 aliphatic heterocycles. The van der Waals surface area contributed by atoms with Crippen molar-refractivity contribution in [1.29, 1.82) is 0 Å². The van der Waals surface area contributed by atoms with E-state index in [1.807, 2.05) is 43.3 Å². The van der Waals surface area contributed by atoms with Gasteiger partial charge in [0.05, 0.1) is 16.9 Å². The summed E-state index contributed by atoms with van der Waals surface area (Å²) >= 11 is 9.60. The van der Waals surface area contributed by atoms with Crippen LogP contribution in [0.25, 0.3) is 16.6 Å². The zero-order valence-corrected chi connectivity index (χ0v) is 13.6. The Morgan fingerprint density at radius 1 is 1.24 bits per heavy atom. The highest BCUT2D eigenvalue weighted by Crippen LogP contribution is 2.26. The maximum absolute atomic E-state index is 12.5. The number of aromatic nitrogens is 2. The Bertz CT molecular complexity index is 889. The summed E-state index contributed by atoms with van der Waals surface area (Å²) in [5.74, 6) is 0. The number of hydrogen-bond acceptors (Lipinski definition) is 2. The molecule has 3 nitrogen and oxygen atoms in total. The molecule has 0 spiro atoms. The number of fused-ring (bicyclic) bond motifs is 1. The molecule has 0 N–H and O–H groups in total. The van der Waals surface area contributed by atoms with Crippen molar-refractivity contribution in [2.24, 2.45) is 0 Å². The summed E-state index contributed by atoms with van der Waals surface area (Å²) in [7, 11) is 0. The number of rotatable bonds is 2. The molecule has 0 bridgehead atoms. The van der Waals surface area contributed by atoms with Gasteiger partial charge in [-0.25, -0.2) is 4.79 Å². The van der Waals surface area contributed by atoms with Crippen molar-refractivity contribution in [2.45, 2.75) is 13.3 Å². The van der Waals surface area contributed by atoms with E-state index in [2.05, 4.69) is 20.9 Å². The number of hydrogen-bond donors (Lipinski definition) is 0. The van der Waals surface area contributed by atoms with Crippen molar-refractivity contribution in [3.8, 4) is 5.69 Å². The second-order valence-corrected chi connectivity index (χ2v) is 5.93. The lowest BCUT2D eigenvalue weighted by Crippen LogP contribution is -2.23. The predicted octanol–water partition coefficient (Wildman–Crippen LogP) is 4.36. The van der Waals surface area contributed by atoms with E-state index in [0.29, 0.717) is 11.4 Å². The predicted molar refractivity (Wildman–Crippen MR) is 89.4 cm³/mol. The van der Waals surface area contributed by atoms with Gasteiger partial charge in [0.2, 0.25) is 0 Å². The molecule has 0 saturated heterocycles. The van der Waals surface area contributed by atoms with Crippen molar-refractivity contribution < 1.29 is 0 Å². The Kier molecular flexibility index (Phi) is 3.83. The van der Waals surface area contributed by atoms with Crippen molar-refractivity contribution >= 4 is 38.4 Å². The van der Waals surface area contributed by atoms with Crippen molar-refractivity contribution in [2.75, 3.05) is 0 Å². The normalized spacial score (nSPS) is 11.0. The molecule has 0 radical (unpaired) electrons. The molecular weight excluding hydrogens is 352 g/mol. The molecule has 0 aliphatic carbocycles. The maximum atomic E-state index is 12.5. The number of halogens is 2. The van der Waals surface area contributed by atoms with Gasteiger partial charge < -0.3 is 0 Å². The first-order valence-electron chi connectivity index (χ1n) is 6.58. The summed E-state index contributed by atoms with van der Waals surface area (Å²) in [5.41, 5.74) is 2.01. The van der Waals surface area contributed by atoms with Crippen molar-refractivity contribution in [3.05, 3.63) is 68.1 Å². The number of aryl methyl sites for hydroxylation is 1. The minimum absolute atomic E-state index is 0.298. The van der Waals surface area contributed by atoms with Crippen molar-refractivity contribution in [3.63, 3.8) is 0 Å². The minimum Gasteiger partial charge on any atom is -0.259 e. The summed E-state index contributed by atoms with van der Waals surface area (Å²) < 4.78 is 2.42. The van der Waals surface area contributed by atoms with Crippen LogP contribution in [0.2, 0.25) is 5.02 Å². The van der Waals surface area contributed by atoms with Crippen LogP contribution < -0.4 is 5.69 Å². The molecule has 1 aromatic heterocycles. The molecule has 0 atom stereocenters. The fourth-order valence-electron chi connectivity index (χ4n) is 2.40. The molecule has 0 saturated carbocycles. The third-order valence-electron chi connectivity index (χ3n) is 3.36. The minimum atomic E-state index is -0.298. The summed E-state index contributed by atoms with van der Waals surface area (Å²) in [6.45, 7) is 1.98. The summed E-state index contributed by atoms with van der Waals surface area (Å²) in [5, 5.41) is 1.54. The Morgan fingerprint density at radius 2 is 2.00 bits per heavy atom. The molecule has 1 heterocycles. The first-order chi connectivity index (χ1) is 10.1. The Morgan fingerprint density at radius 3 is 2.71 bits per heavy atom. The fourth-order valence-corrected chi connectivity index (χ4v) is 3.03. The molecular formula is C16H12BrClN2O. The Hall–Kier alpha value is -1.65. The second kappa shape index (κ2) is 5.62. The van der Waals surface area contributed by atoms with Crippen LogP contribution in [0.15, 0.2) is 51.7 Å². The second-order valence-electron chi connectivity index (χ2n) is 4.64. The number of para-hydroxylation sites is 1. The average Bonchev–Trinajstić information content (AvgIpc) is 2.47. The van der Waals surface area contributed by atoms with Gasteiger partial charge in [-0.05, 0) is 52.7 Å². The van der Waals surface area contributed by atoms with Gasteiger partial charge in [0.1, 0.15) is 0 Å². The van der Waals surface area contributed by atoms with Gasteiger partial charge >= 0.3 is 5.69 Å². The smallest absolute Gasteiger partial charge is 0.259 e. The highest BCUT2D eigenvalue weighted by Gasteiger charge is 2.13. The lowest BCUT2D eigenvalue weighted by atomic mass is 10.1. The zero-order valence-electron chi connectivity index (χ0n) is 11.3. The molecule has 5 heteroatoms. The molecule has 0 amide bonds. The summed E-state index contributed by atoms with van der Waals surface area (Å²) in [4.78, 5) is 16.7.